The molecular formula is C17H13FO3. The number of fused-ring (bicyclic) bond motifs is 1. The molecule has 0 atom stereocenters. The molecule has 0 N–H and O–H groups in total. The zero-order valence-electron chi connectivity index (χ0n) is 11.4. The van der Waals surface area contributed by atoms with Gasteiger partial charge in [-0.1, -0.05) is 30.3 Å². The first-order chi connectivity index (χ1) is 10.2. The van der Waals surface area contributed by atoms with Gasteiger partial charge in [-0.3, -0.25) is 0 Å². The first-order valence-corrected chi connectivity index (χ1v) is 6.66. The Morgan fingerprint density at radius 3 is 2.62 bits per heavy atom. The Labute approximate surface area is 120 Å². The molecule has 2 aromatic carbocycles. The second-order valence-electron chi connectivity index (χ2n) is 4.50. The number of halogens is 1. The van der Waals surface area contributed by atoms with Crippen molar-refractivity contribution < 1.29 is 18.3 Å². The van der Waals surface area contributed by atoms with E-state index in [0.717, 1.165) is 0 Å². The largest absolute Gasteiger partial charge is 0.462 e. The van der Waals surface area contributed by atoms with Gasteiger partial charge >= 0.3 is 5.97 Å². The van der Waals surface area contributed by atoms with Crippen LogP contribution in [-0.2, 0) is 4.74 Å². The first kappa shape index (κ1) is 13.4. The Balaban J connectivity index is 2.29. The highest BCUT2D eigenvalue weighted by molar-refractivity contribution is 6.08. The van der Waals surface area contributed by atoms with E-state index in [1.165, 1.54) is 6.07 Å². The van der Waals surface area contributed by atoms with Crippen LogP contribution >= 0.6 is 0 Å². The van der Waals surface area contributed by atoms with Crippen LogP contribution in [0.3, 0.4) is 0 Å². The summed E-state index contributed by atoms with van der Waals surface area (Å²) in [5, 5.41) is 0.620. The van der Waals surface area contributed by atoms with Gasteiger partial charge in [0, 0.05) is 5.39 Å². The highest BCUT2D eigenvalue weighted by atomic mass is 19.1. The predicted molar refractivity (Wildman–Crippen MR) is 77.6 cm³/mol. The van der Waals surface area contributed by atoms with E-state index in [-0.39, 0.29) is 23.5 Å². The maximum atomic E-state index is 14.0. The van der Waals surface area contributed by atoms with E-state index in [4.69, 9.17) is 9.15 Å². The van der Waals surface area contributed by atoms with E-state index in [0.29, 0.717) is 11.0 Å². The van der Waals surface area contributed by atoms with Crippen molar-refractivity contribution in [2.75, 3.05) is 6.61 Å². The number of furan rings is 1. The van der Waals surface area contributed by atoms with Crippen molar-refractivity contribution in [3.63, 3.8) is 0 Å². The number of para-hydroxylation sites is 1. The van der Waals surface area contributed by atoms with Crippen LogP contribution in [-0.4, -0.2) is 12.6 Å². The molecule has 3 rings (SSSR count). The molecule has 0 saturated carbocycles. The van der Waals surface area contributed by atoms with Crippen molar-refractivity contribution in [3.8, 4) is 11.3 Å². The van der Waals surface area contributed by atoms with Gasteiger partial charge in [0.15, 0.2) is 5.76 Å². The lowest BCUT2D eigenvalue weighted by atomic mass is 10.1. The van der Waals surface area contributed by atoms with Gasteiger partial charge in [0.1, 0.15) is 17.0 Å². The maximum Gasteiger partial charge on any atom is 0.342 e. The van der Waals surface area contributed by atoms with Crippen molar-refractivity contribution in [3.05, 3.63) is 59.9 Å². The van der Waals surface area contributed by atoms with E-state index < -0.39 is 11.8 Å². The summed E-state index contributed by atoms with van der Waals surface area (Å²) in [7, 11) is 0. The lowest BCUT2D eigenvalue weighted by molar-refractivity contribution is 0.0529. The fourth-order valence-corrected chi connectivity index (χ4v) is 2.29. The minimum atomic E-state index is -0.513. The molecule has 3 nitrogen and oxygen atoms in total. The molecule has 0 saturated heterocycles. The van der Waals surface area contributed by atoms with Crippen LogP contribution in [0.4, 0.5) is 4.39 Å². The van der Waals surface area contributed by atoms with Crippen LogP contribution in [0, 0.1) is 5.82 Å². The summed E-state index contributed by atoms with van der Waals surface area (Å²) in [5.41, 5.74) is 1.04. The van der Waals surface area contributed by atoms with Gasteiger partial charge in [-0.15, -0.1) is 0 Å². The van der Waals surface area contributed by atoms with Crippen LogP contribution < -0.4 is 0 Å². The lowest BCUT2D eigenvalue weighted by Gasteiger charge is -2.04. The highest BCUT2D eigenvalue weighted by Crippen LogP contribution is 2.35. The van der Waals surface area contributed by atoms with Crippen molar-refractivity contribution in [2.45, 2.75) is 6.92 Å². The molecule has 1 heterocycles. The molecule has 0 radical (unpaired) electrons. The average Bonchev–Trinajstić information content (AvgIpc) is 2.87. The minimum Gasteiger partial charge on any atom is -0.462 e. The molecule has 0 aliphatic rings. The van der Waals surface area contributed by atoms with Gasteiger partial charge in [-0.2, -0.15) is 0 Å². The summed E-state index contributed by atoms with van der Waals surface area (Å²) < 4.78 is 24.8. The number of rotatable bonds is 3. The monoisotopic (exact) mass is 284 g/mol. The second-order valence-corrected chi connectivity index (χ2v) is 4.50. The average molecular weight is 284 g/mol. The number of carbonyl (C=O) groups excluding carboxylic acids is 1. The van der Waals surface area contributed by atoms with Gasteiger partial charge in [-0.25, -0.2) is 9.18 Å². The SMILES string of the molecule is CCOC(=O)c1c(-c2ccccc2F)oc2ccccc12. The second kappa shape index (κ2) is 5.40. The summed E-state index contributed by atoms with van der Waals surface area (Å²) >= 11 is 0. The molecule has 0 spiro atoms. The Morgan fingerprint density at radius 1 is 1.14 bits per heavy atom. The molecule has 1 aromatic heterocycles. The summed E-state index contributed by atoms with van der Waals surface area (Å²) in [6, 6.07) is 13.3. The van der Waals surface area contributed by atoms with Crippen LogP contribution in [0.25, 0.3) is 22.3 Å². The third-order valence-electron chi connectivity index (χ3n) is 3.19. The van der Waals surface area contributed by atoms with E-state index in [2.05, 4.69) is 0 Å². The molecule has 0 aliphatic carbocycles. The van der Waals surface area contributed by atoms with Crippen LogP contribution in [0.2, 0.25) is 0 Å². The fraction of sp³-hybridized carbons (Fsp3) is 0.118. The number of benzene rings is 2. The Hall–Kier alpha value is -2.62. The van der Waals surface area contributed by atoms with Crippen molar-refractivity contribution in [1.82, 2.24) is 0 Å². The quantitative estimate of drug-likeness (QED) is 0.668. The van der Waals surface area contributed by atoms with E-state index in [1.54, 1.807) is 49.4 Å². The molecule has 106 valence electrons. The Bertz CT molecular complexity index is 805. The molecule has 3 aromatic rings. The fourth-order valence-electron chi connectivity index (χ4n) is 2.29. The first-order valence-electron chi connectivity index (χ1n) is 6.66. The normalized spacial score (nSPS) is 10.8. The third-order valence-corrected chi connectivity index (χ3v) is 3.19. The van der Waals surface area contributed by atoms with Crippen molar-refractivity contribution >= 4 is 16.9 Å². The van der Waals surface area contributed by atoms with E-state index in [1.807, 2.05) is 0 Å². The number of hydrogen-bond acceptors (Lipinski definition) is 3. The smallest absolute Gasteiger partial charge is 0.342 e. The summed E-state index contributed by atoms with van der Waals surface area (Å²) in [6.45, 7) is 1.97. The lowest BCUT2D eigenvalue weighted by Crippen LogP contribution is -2.05. The maximum absolute atomic E-state index is 14.0. The van der Waals surface area contributed by atoms with Gasteiger partial charge in [-0.05, 0) is 25.1 Å². The van der Waals surface area contributed by atoms with E-state index in [9.17, 15) is 9.18 Å². The molecule has 21 heavy (non-hydrogen) atoms. The molecule has 0 amide bonds. The van der Waals surface area contributed by atoms with Crippen LogP contribution in [0.5, 0.6) is 0 Å². The number of esters is 1. The summed E-state index contributed by atoms with van der Waals surface area (Å²) in [6.07, 6.45) is 0. The minimum absolute atomic E-state index is 0.202. The molecule has 0 unspecified atom stereocenters. The topological polar surface area (TPSA) is 39.4 Å². The number of ether oxygens (including phenoxy) is 1. The third kappa shape index (κ3) is 2.29. The van der Waals surface area contributed by atoms with Crippen molar-refractivity contribution in [1.29, 1.82) is 0 Å². The Kier molecular flexibility index (Phi) is 3.44. The predicted octanol–water partition coefficient (Wildman–Crippen LogP) is 4.42. The number of hydrogen-bond donors (Lipinski definition) is 0. The Morgan fingerprint density at radius 2 is 1.86 bits per heavy atom. The number of carbonyl (C=O) groups is 1. The van der Waals surface area contributed by atoms with Gasteiger partial charge in [0.25, 0.3) is 0 Å². The zero-order valence-corrected chi connectivity index (χ0v) is 11.4. The van der Waals surface area contributed by atoms with Gasteiger partial charge in [0.05, 0.1) is 12.2 Å². The van der Waals surface area contributed by atoms with Crippen LogP contribution in [0.1, 0.15) is 17.3 Å². The van der Waals surface area contributed by atoms with E-state index >= 15 is 0 Å². The standard InChI is InChI=1S/C17H13FO3/c1-2-20-17(19)15-12-8-4-6-10-14(12)21-16(15)11-7-3-5-9-13(11)18/h3-10H,2H2,1H3. The zero-order chi connectivity index (χ0) is 14.8. The van der Waals surface area contributed by atoms with Gasteiger partial charge in [0.2, 0.25) is 0 Å². The van der Waals surface area contributed by atoms with Crippen molar-refractivity contribution in [2.24, 2.45) is 0 Å². The summed E-state index contributed by atoms with van der Waals surface area (Å²) in [4.78, 5) is 12.2. The van der Waals surface area contributed by atoms with Crippen LogP contribution in [0.15, 0.2) is 52.9 Å². The molecular weight excluding hydrogens is 271 g/mol. The molecule has 0 aliphatic heterocycles. The molecule has 4 heteroatoms. The summed E-state index contributed by atoms with van der Waals surface area (Å²) in [5.74, 6) is -0.754. The highest BCUT2D eigenvalue weighted by Gasteiger charge is 2.24. The van der Waals surface area contributed by atoms with Gasteiger partial charge < -0.3 is 9.15 Å². The molecule has 0 bridgehead atoms. The molecule has 0 fully saturated rings.